The van der Waals surface area contributed by atoms with Crippen LogP contribution in [0.3, 0.4) is 0 Å². The summed E-state index contributed by atoms with van der Waals surface area (Å²) >= 11 is 0. The topological polar surface area (TPSA) is 49.3 Å². The van der Waals surface area contributed by atoms with Gasteiger partial charge >= 0.3 is 0 Å². The van der Waals surface area contributed by atoms with Gasteiger partial charge in [-0.15, -0.1) is 0 Å². The lowest BCUT2D eigenvalue weighted by Crippen LogP contribution is -2.19. The summed E-state index contributed by atoms with van der Waals surface area (Å²) in [5.41, 5.74) is 0. The van der Waals surface area contributed by atoms with Crippen LogP contribution in [0, 0.1) is 0 Å². The van der Waals surface area contributed by atoms with Crippen LogP contribution < -0.4 is 5.32 Å². The fraction of sp³-hybridized carbons (Fsp3) is 0.875. The van der Waals surface area contributed by atoms with Crippen molar-refractivity contribution < 1.29 is 9.90 Å². The van der Waals surface area contributed by atoms with Crippen LogP contribution in [0.1, 0.15) is 32.6 Å². The highest BCUT2D eigenvalue weighted by molar-refractivity contribution is 5.75. The van der Waals surface area contributed by atoms with Gasteiger partial charge in [0.25, 0.3) is 0 Å². The van der Waals surface area contributed by atoms with Crippen LogP contribution in [-0.2, 0) is 4.79 Å². The quantitative estimate of drug-likeness (QED) is 0.619. The number of aliphatic hydroxyl groups is 1. The van der Waals surface area contributed by atoms with E-state index < -0.39 is 0 Å². The van der Waals surface area contributed by atoms with Gasteiger partial charge in [-0.2, -0.15) is 0 Å². The summed E-state index contributed by atoms with van der Waals surface area (Å²) in [6.45, 7) is 2.02. The molecule has 1 unspecified atom stereocenters. The zero-order chi connectivity index (χ0) is 8.69. The molecule has 1 amide bonds. The minimum Gasteiger partial charge on any atom is -0.393 e. The third-order valence-electron chi connectivity index (χ3n) is 1.61. The largest absolute Gasteiger partial charge is 0.393 e. The first-order chi connectivity index (χ1) is 5.20. The molecule has 0 aliphatic carbocycles. The van der Waals surface area contributed by atoms with Gasteiger partial charge in [0.1, 0.15) is 0 Å². The Hall–Kier alpha value is -0.570. The molecule has 0 bridgehead atoms. The van der Waals surface area contributed by atoms with Crippen LogP contribution in [0.5, 0.6) is 0 Å². The van der Waals surface area contributed by atoms with Gasteiger partial charge in [0, 0.05) is 13.5 Å². The minimum absolute atomic E-state index is 0.000142. The first kappa shape index (κ1) is 10.4. The van der Waals surface area contributed by atoms with Crippen LogP contribution in [0.2, 0.25) is 0 Å². The number of aliphatic hydroxyl groups excluding tert-OH is 1. The zero-order valence-corrected chi connectivity index (χ0v) is 7.26. The van der Waals surface area contributed by atoms with E-state index in [9.17, 15) is 9.90 Å². The van der Waals surface area contributed by atoms with Crippen LogP contribution in [0.25, 0.3) is 0 Å². The average molecular weight is 159 g/mol. The fourth-order valence-corrected chi connectivity index (χ4v) is 0.900. The number of nitrogens with one attached hydrogen (secondary N) is 1. The Morgan fingerprint density at radius 1 is 1.55 bits per heavy atom. The maximum Gasteiger partial charge on any atom is 0.219 e. The Balaban J connectivity index is 3.29. The molecule has 0 aliphatic rings. The maximum atomic E-state index is 10.7. The number of hydrogen-bond donors (Lipinski definition) is 2. The number of carbonyl (C=O) groups is 1. The predicted molar refractivity (Wildman–Crippen MR) is 44.2 cm³/mol. The smallest absolute Gasteiger partial charge is 0.219 e. The van der Waals surface area contributed by atoms with Gasteiger partial charge in [0.15, 0.2) is 0 Å². The van der Waals surface area contributed by atoms with Gasteiger partial charge in [0.05, 0.1) is 6.10 Å². The molecule has 0 saturated carbocycles. The lowest BCUT2D eigenvalue weighted by molar-refractivity contribution is -0.121. The normalized spacial score (nSPS) is 12.6. The molecular formula is C8H17NO2. The molecule has 3 nitrogen and oxygen atoms in total. The Morgan fingerprint density at radius 2 is 2.18 bits per heavy atom. The zero-order valence-electron chi connectivity index (χ0n) is 7.26. The molecule has 0 spiro atoms. The van der Waals surface area contributed by atoms with Crippen LogP contribution in [-0.4, -0.2) is 24.2 Å². The minimum atomic E-state index is -0.308. The molecule has 0 saturated heterocycles. The highest BCUT2D eigenvalue weighted by atomic mass is 16.3. The van der Waals surface area contributed by atoms with Crippen LogP contribution in [0.15, 0.2) is 0 Å². The standard InChI is InChI=1S/C8H17NO2/c1-3-4-7(10)5-6-8(11)9-2/h7,10H,3-6H2,1-2H3,(H,9,11). The Labute approximate surface area is 67.8 Å². The molecule has 0 aromatic heterocycles. The van der Waals surface area contributed by atoms with E-state index in [0.717, 1.165) is 12.8 Å². The molecule has 0 aromatic rings. The molecular weight excluding hydrogens is 142 g/mol. The van der Waals surface area contributed by atoms with E-state index in [1.54, 1.807) is 7.05 Å². The van der Waals surface area contributed by atoms with Gasteiger partial charge in [-0.05, 0) is 12.8 Å². The van der Waals surface area contributed by atoms with Gasteiger partial charge in [-0.1, -0.05) is 13.3 Å². The lowest BCUT2D eigenvalue weighted by Gasteiger charge is -2.07. The Bertz CT molecular complexity index is 115. The summed E-state index contributed by atoms with van der Waals surface area (Å²) in [7, 11) is 1.61. The second-order valence-electron chi connectivity index (χ2n) is 2.65. The summed E-state index contributed by atoms with van der Waals surface area (Å²) < 4.78 is 0. The van der Waals surface area contributed by atoms with Crippen molar-refractivity contribution in [3.8, 4) is 0 Å². The molecule has 3 heteroatoms. The molecule has 0 radical (unpaired) electrons. The third kappa shape index (κ3) is 5.85. The van der Waals surface area contributed by atoms with Crippen molar-refractivity contribution in [2.75, 3.05) is 7.05 Å². The second kappa shape index (κ2) is 6.16. The average Bonchev–Trinajstić information content (AvgIpc) is 2.01. The third-order valence-corrected chi connectivity index (χ3v) is 1.61. The fourth-order valence-electron chi connectivity index (χ4n) is 0.900. The highest BCUT2D eigenvalue weighted by Gasteiger charge is 2.04. The van der Waals surface area contributed by atoms with Gasteiger partial charge in [-0.3, -0.25) is 4.79 Å². The van der Waals surface area contributed by atoms with Gasteiger partial charge in [-0.25, -0.2) is 0 Å². The van der Waals surface area contributed by atoms with E-state index >= 15 is 0 Å². The Kier molecular flexibility index (Phi) is 5.84. The number of amides is 1. The molecule has 0 rings (SSSR count). The van der Waals surface area contributed by atoms with E-state index in [1.807, 2.05) is 6.92 Å². The Morgan fingerprint density at radius 3 is 2.64 bits per heavy atom. The van der Waals surface area contributed by atoms with Gasteiger partial charge < -0.3 is 10.4 Å². The summed E-state index contributed by atoms with van der Waals surface area (Å²) in [6, 6.07) is 0. The SMILES string of the molecule is CCCC(O)CCC(=O)NC. The van der Waals surface area contributed by atoms with Crippen molar-refractivity contribution in [2.24, 2.45) is 0 Å². The van der Waals surface area contributed by atoms with Crippen molar-refractivity contribution in [2.45, 2.75) is 38.7 Å². The lowest BCUT2D eigenvalue weighted by atomic mass is 10.1. The number of carbonyl (C=O) groups excluding carboxylic acids is 1. The molecule has 2 N–H and O–H groups in total. The molecule has 0 fully saturated rings. The molecule has 1 atom stereocenters. The van der Waals surface area contributed by atoms with Gasteiger partial charge in [0.2, 0.25) is 5.91 Å². The van der Waals surface area contributed by atoms with Crippen molar-refractivity contribution in [3.05, 3.63) is 0 Å². The van der Waals surface area contributed by atoms with E-state index in [-0.39, 0.29) is 12.0 Å². The van der Waals surface area contributed by atoms with Crippen LogP contribution >= 0.6 is 0 Å². The summed E-state index contributed by atoms with van der Waals surface area (Å²) in [4.78, 5) is 10.7. The summed E-state index contributed by atoms with van der Waals surface area (Å²) in [5.74, 6) is 0.000142. The summed E-state index contributed by atoms with van der Waals surface area (Å²) in [6.07, 6.45) is 2.45. The predicted octanol–water partition coefficient (Wildman–Crippen LogP) is 0.674. The van der Waals surface area contributed by atoms with E-state index in [1.165, 1.54) is 0 Å². The van der Waals surface area contributed by atoms with E-state index in [2.05, 4.69) is 5.32 Å². The number of hydrogen-bond acceptors (Lipinski definition) is 2. The first-order valence-corrected chi connectivity index (χ1v) is 4.09. The highest BCUT2D eigenvalue weighted by Crippen LogP contribution is 2.03. The van der Waals surface area contributed by atoms with Crippen molar-refractivity contribution in [3.63, 3.8) is 0 Å². The monoisotopic (exact) mass is 159 g/mol. The van der Waals surface area contributed by atoms with E-state index in [4.69, 9.17) is 0 Å². The van der Waals surface area contributed by atoms with Crippen LogP contribution in [0.4, 0.5) is 0 Å². The second-order valence-corrected chi connectivity index (χ2v) is 2.65. The van der Waals surface area contributed by atoms with E-state index in [0.29, 0.717) is 12.8 Å². The first-order valence-electron chi connectivity index (χ1n) is 4.09. The maximum absolute atomic E-state index is 10.7. The molecule has 0 aliphatic heterocycles. The van der Waals surface area contributed by atoms with Crippen molar-refractivity contribution >= 4 is 5.91 Å². The molecule has 11 heavy (non-hydrogen) atoms. The van der Waals surface area contributed by atoms with Crippen molar-refractivity contribution in [1.82, 2.24) is 5.32 Å². The summed E-state index contributed by atoms with van der Waals surface area (Å²) in [5, 5.41) is 11.7. The number of rotatable bonds is 5. The molecule has 66 valence electrons. The van der Waals surface area contributed by atoms with Crippen molar-refractivity contribution in [1.29, 1.82) is 0 Å². The molecule has 0 aromatic carbocycles. The molecule has 0 heterocycles.